The number of hydrogen-bond acceptors (Lipinski definition) is 4. The number of carbonyl (C=O) groups excluding carboxylic acids is 2. The van der Waals surface area contributed by atoms with E-state index in [0.29, 0.717) is 12.8 Å². The molecule has 1 aliphatic rings. The summed E-state index contributed by atoms with van der Waals surface area (Å²) in [5.41, 5.74) is 0.754. The zero-order valence-corrected chi connectivity index (χ0v) is 15.6. The fourth-order valence-corrected chi connectivity index (χ4v) is 3.83. The third-order valence-corrected chi connectivity index (χ3v) is 5.34. The second kappa shape index (κ2) is 8.99. The van der Waals surface area contributed by atoms with Gasteiger partial charge in [-0.2, -0.15) is 0 Å². The SMILES string of the molecule is COC(=O)CC(NC(=O)C1CCCCC1C(=O)O)c1ccccc1Br. The standard InChI is InChI=1S/C18H22BrNO5/c1-25-16(21)10-15(13-8-4-5-9-14(13)19)20-17(22)11-6-2-3-7-12(11)18(23)24/h4-5,8-9,11-12,15H,2-3,6-7,10H2,1H3,(H,20,22)(H,23,24). The summed E-state index contributed by atoms with van der Waals surface area (Å²) in [5.74, 6) is -2.96. The smallest absolute Gasteiger partial charge is 0.307 e. The lowest BCUT2D eigenvalue weighted by Gasteiger charge is -2.29. The molecule has 1 amide bonds. The molecule has 1 saturated carbocycles. The fraction of sp³-hybridized carbons (Fsp3) is 0.500. The van der Waals surface area contributed by atoms with E-state index in [-0.39, 0.29) is 12.3 Å². The number of hydrogen-bond donors (Lipinski definition) is 2. The summed E-state index contributed by atoms with van der Waals surface area (Å²) < 4.78 is 5.50. The van der Waals surface area contributed by atoms with Crippen LogP contribution in [0.2, 0.25) is 0 Å². The molecule has 2 N–H and O–H groups in total. The molecule has 3 atom stereocenters. The minimum Gasteiger partial charge on any atom is -0.481 e. The Morgan fingerprint density at radius 1 is 1.24 bits per heavy atom. The van der Waals surface area contributed by atoms with Gasteiger partial charge in [-0.15, -0.1) is 0 Å². The number of methoxy groups -OCH3 is 1. The van der Waals surface area contributed by atoms with Crippen molar-refractivity contribution in [1.82, 2.24) is 5.32 Å². The van der Waals surface area contributed by atoms with Crippen molar-refractivity contribution >= 4 is 33.8 Å². The van der Waals surface area contributed by atoms with E-state index in [1.807, 2.05) is 24.3 Å². The number of amides is 1. The molecule has 0 heterocycles. The molecule has 6 nitrogen and oxygen atoms in total. The van der Waals surface area contributed by atoms with Crippen molar-refractivity contribution in [2.75, 3.05) is 7.11 Å². The number of carboxylic acid groups (broad SMARTS) is 1. The van der Waals surface area contributed by atoms with Crippen molar-refractivity contribution in [3.8, 4) is 0 Å². The van der Waals surface area contributed by atoms with E-state index in [1.165, 1.54) is 7.11 Å². The van der Waals surface area contributed by atoms with Crippen LogP contribution in [0, 0.1) is 11.8 Å². The van der Waals surface area contributed by atoms with Gasteiger partial charge in [0, 0.05) is 4.47 Å². The number of carbonyl (C=O) groups is 3. The Kier molecular flexibility index (Phi) is 6.99. The number of ether oxygens (including phenoxy) is 1. The lowest BCUT2D eigenvalue weighted by Crippen LogP contribution is -2.41. The van der Waals surface area contributed by atoms with Crippen molar-refractivity contribution in [2.45, 2.75) is 38.1 Å². The van der Waals surface area contributed by atoms with Gasteiger partial charge in [-0.25, -0.2) is 0 Å². The number of carboxylic acids is 1. The highest BCUT2D eigenvalue weighted by Crippen LogP contribution is 2.32. The molecule has 1 aliphatic carbocycles. The number of nitrogens with one attached hydrogen (secondary N) is 1. The van der Waals surface area contributed by atoms with Gasteiger partial charge in [0.15, 0.2) is 0 Å². The van der Waals surface area contributed by atoms with Crippen LogP contribution in [0.25, 0.3) is 0 Å². The van der Waals surface area contributed by atoms with Crippen LogP contribution < -0.4 is 5.32 Å². The van der Waals surface area contributed by atoms with Gasteiger partial charge in [0.05, 0.1) is 31.4 Å². The summed E-state index contributed by atoms with van der Waals surface area (Å²) in [6.45, 7) is 0. The zero-order valence-electron chi connectivity index (χ0n) is 14.0. The van der Waals surface area contributed by atoms with Crippen molar-refractivity contribution in [2.24, 2.45) is 11.8 Å². The van der Waals surface area contributed by atoms with E-state index >= 15 is 0 Å². The maximum absolute atomic E-state index is 12.7. The summed E-state index contributed by atoms with van der Waals surface area (Å²) >= 11 is 3.43. The van der Waals surface area contributed by atoms with Crippen LogP contribution in [-0.4, -0.2) is 30.1 Å². The monoisotopic (exact) mass is 411 g/mol. The van der Waals surface area contributed by atoms with E-state index in [4.69, 9.17) is 4.74 Å². The van der Waals surface area contributed by atoms with Crippen LogP contribution in [0.15, 0.2) is 28.7 Å². The number of halogens is 1. The molecule has 1 aromatic carbocycles. The molecule has 0 bridgehead atoms. The second-order valence-electron chi connectivity index (χ2n) is 6.20. The zero-order chi connectivity index (χ0) is 18.4. The lowest BCUT2D eigenvalue weighted by molar-refractivity contribution is -0.149. The number of benzene rings is 1. The lowest BCUT2D eigenvalue weighted by atomic mass is 9.78. The van der Waals surface area contributed by atoms with E-state index in [0.717, 1.165) is 22.9 Å². The highest BCUT2D eigenvalue weighted by Gasteiger charge is 2.36. The van der Waals surface area contributed by atoms with Crippen molar-refractivity contribution in [1.29, 1.82) is 0 Å². The Balaban J connectivity index is 2.20. The molecule has 136 valence electrons. The summed E-state index contributed by atoms with van der Waals surface area (Å²) in [6.07, 6.45) is 2.68. The van der Waals surface area contributed by atoms with Crippen molar-refractivity contribution in [3.63, 3.8) is 0 Å². The van der Waals surface area contributed by atoms with Crippen LogP contribution in [0.5, 0.6) is 0 Å². The van der Waals surface area contributed by atoms with Gasteiger partial charge in [-0.1, -0.05) is 47.0 Å². The minimum absolute atomic E-state index is 0.0185. The predicted molar refractivity (Wildman–Crippen MR) is 94.7 cm³/mol. The van der Waals surface area contributed by atoms with E-state index in [9.17, 15) is 19.5 Å². The molecule has 1 aromatic rings. The summed E-state index contributed by atoms with van der Waals surface area (Å²) in [6, 6.07) is 6.72. The van der Waals surface area contributed by atoms with Gasteiger partial charge in [0.2, 0.25) is 5.91 Å². The van der Waals surface area contributed by atoms with Crippen molar-refractivity contribution in [3.05, 3.63) is 34.3 Å². The first-order valence-electron chi connectivity index (χ1n) is 8.28. The molecule has 0 aliphatic heterocycles. The first-order chi connectivity index (χ1) is 11.9. The minimum atomic E-state index is -0.940. The molecule has 7 heteroatoms. The molecule has 2 rings (SSSR count). The van der Waals surface area contributed by atoms with Crippen LogP contribution >= 0.6 is 15.9 Å². The largest absolute Gasteiger partial charge is 0.481 e. The van der Waals surface area contributed by atoms with E-state index < -0.39 is 29.8 Å². The van der Waals surface area contributed by atoms with Crippen molar-refractivity contribution < 1.29 is 24.2 Å². The molecule has 1 fully saturated rings. The first kappa shape index (κ1) is 19.4. The van der Waals surface area contributed by atoms with Gasteiger partial charge >= 0.3 is 11.9 Å². The maximum atomic E-state index is 12.7. The van der Waals surface area contributed by atoms with Gasteiger partial charge in [0.25, 0.3) is 0 Å². The molecule has 0 aromatic heterocycles. The summed E-state index contributed by atoms with van der Waals surface area (Å²) in [5, 5.41) is 12.2. The van der Waals surface area contributed by atoms with Crippen LogP contribution in [0.1, 0.15) is 43.7 Å². The van der Waals surface area contributed by atoms with E-state index in [2.05, 4.69) is 21.2 Å². The predicted octanol–water partition coefficient (Wildman–Crippen LogP) is 3.06. The number of aliphatic carboxylic acids is 1. The Morgan fingerprint density at radius 2 is 1.88 bits per heavy atom. The average molecular weight is 412 g/mol. The summed E-state index contributed by atoms with van der Waals surface area (Å²) in [4.78, 5) is 35.9. The van der Waals surface area contributed by atoms with Crippen LogP contribution in [0.3, 0.4) is 0 Å². The molecular weight excluding hydrogens is 390 g/mol. The highest BCUT2D eigenvalue weighted by molar-refractivity contribution is 9.10. The van der Waals surface area contributed by atoms with Crippen LogP contribution in [0.4, 0.5) is 0 Å². The first-order valence-corrected chi connectivity index (χ1v) is 9.07. The molecule has 3 unspecified atom stereocenters. The highest BCUT2D eigenvalue weighted by atomic mass is 79.9. The van der Waals surface area contributed by atoms with E-state index in [1.54, 1.807) is 0 Å². The average Bonchev–Trinajstić information content (AvgIpc) is 2.61. The molecule has 0 radical (unpaired) electrons. The summed E-state index contributed by atoms with van der Waals surface area (Å²) in [7, 11) is 1.29. The topological polar surface area (TPSA) is 92.7 Å². The Morgan fingerprint density at radius 3 is 2.48 bits per heavy atom. The number of rotatable bonds is 6. The fourth-order valence-electron chi connectivity index (χ4n) is 3.27. The molecule has 0 saturated heterocycles. The molecule has 0 spiro atoms. The third kappa shape index (κ3) is 5.04. The Bertz CT molecular complexity index is 648. The maximum Gasteiger partial charge on any atom is 0.307 e. The number of esters is 1. The van der Waals surface area contributed by atoms with Gasteiger partial charge in [0.1, 0.15) is 0 Å². The second-order valence-corrected chi connectivity index (χ2v) is 7.05. The Hall–Kier alpha value is -1.89. The van der Waals surface area contributed by atoms with Crippen LogP contribution in [-0.2, 0) is 19.1 Å². The van der Waals surface area contributed by atoms with Gasteiger partial charge < -0.3 is 15.2 Å². The quantitative estimate of drug-likeness (QED) is 0.701. The molecule has 25 heavy (non-hydrogen) atoms. The third-order valence-electron chi connectivity index (χ3n) is 4.62. The van der Waals surface area contributed by atoms with Gasteiger partial charge in [-0.05, 0) is 24.5 Å². The normalized spacial score (nSPS) is 21.2. The van der Waals surface area contributed by atoms with Gasteiger partial charge in [-0.3, -0.25) is 14.4 Å². The molecular formula is C18H22BrNO5. The Labute approximate surface area is 155 Å².